The van der Waals surface area contributed by atoms with Crippen LogP contribution in [0.5, 0.6) is 0 Å². The molecular formula is C15H18N4O2S2. The second-order valence-electron chi connectivity index (χ2n) is 5.14. The van der Waals surface area contributed by atoms with E-state index in [-0.39, 0.29) is 10.8 Å². The highest BCUT2D eigenvalue weighted by molar-refractivity contribution is 7.99. The molecular weight excluding hydrogens is 332 g/mol. The second kappa shape index (κ2) is 6.84. The van der Waals surface area contributed by atoms with Gasteiger partial charge in [0, 0.05) is 13.0 Å². The molecule has 0 radical (unpaired) electrons. The molecule has 6 nitrogen and oxygen atoms in total. The molecule has 122 valence electrons. The Kier molecular flexibility index (Phi) is 4.82. The highest BCUT2D eigenvalue weighted by atomic mass is 32.2. The molecule has 0 bridgehead atoms. The van der Waals surface area contributed by atoms with Gasteiger partial charge in [0.2, 0.25) is 5.89 Å². The molecule has 3 heterocycles. The molecule has 0 aromatic carbocycles. The van der Waals surface area contributed by atoms with Gasteiger partial charge in [0.25, 0.3) is 5.56 Å². The molecule has 0 aliphatic heterocycles. The fourth-order valence-corrected chi connectivity index (χ4v) is 4.04. The van der Waals surface area contributed by atoms with Crippen molar-refractivity contribution in [1.82, 2.24) is 19.7 Å². The zero-order valence-electron chi connectivity index (χ0n) is 13.3. The molecule has 0 aliphatic carbocycles. The van der Waals surface area contributed by atoms with E-state index in [1.54, 1.807) is 4.57 Å². The highest BCUT2D eigenvalue weighted by Gasteiger charge is 2.19. The number of aromatic nitrogens is 4. The van der Waals surface area contributed by atoms with Gasteiger partial charge in [-0.25, -0.2) is 4.98 Å². The van der Waals surface area contributed by atoms with Gasteiger partial charge in [-0.05, 0) is 31.7 Å². The average Bonchev–Trinajstić information content (AvgIpc) is 3.17. The second-order valence-corrected chi connectivity index (χ2v) is 7.36. The van der Waals surface area contributed by atoms with Crippen LogP contribution in [0.15, 0.2) is 25.9 Å². The van der Waals surface area contributed by atoms with Gasteiger partial charge in [-0.3, -0.25) is 9.36 Å². The molecule has 0 spiro atoms. The lowest BCUT2D eigenvalue weighted by atomic mass is 10.3. The van der Waals surface area contributed by atoms with Gasteiger partial charge in [-0.2, -0.15) is 4.98 Å². The summed E-state index contributed by atoms with van der Waals surface area (Å²) in [5.41, 5.74) is 0.760. The third-order valence-corrected chi connectivity index (χ3v) is 5.40. The summed E-state index contributed by atoms with van der Waals surface area (Å²) in [4.78, 5) is 21.6. The largest absolute Gasteiger partial charge is 0.338 e. The summed E-state index contributed by atoms with van der Waals surface area (Å²) in [6.45, 7) is 6.59. The van der Waals surface area contributed by atoms with Crippen molar-refractivity contribution in [2.24, 2.45) is 0 Å². The predicted octanol–water partition coefficient (Wildman–Crippen LogP) is 3.67. The fourth-order valence-electron chi connectivity index (χ4n) is 2.26. The summed E-state index contributed by atoms with van der Waals surface area (Å²) < 4.78 is 7.73. The van der Waals surface area contributed by atoms with Crippen LogP contribution in [0.4, 0.5) is 0 Å². The summed E-state index contributed by atoms with van der Waals surface area (Å²) in [6, 6.07) is 1.88. The van der Waals surface area contributed by atoms with E-state index >= 15 is 0 Å². The Morgan fingerprint density at radius 1 is 1.39 bits per heavy atom. The first kappa shape index (κ1) is 16.2. The summed E-state index contributed by atoms with van der Waals surface area (Å²) >= 11 is 2.90. The van der Waals surface area contributed by atoms with Gasteiger partial charge in [0.05, 0.1) is 10.8 Å². The van der Waals surface area contributed by atoms with Gasteiger partial charge in [0.15, 0.2) is 11.0 Å². The van der Waals surface area contributed by atoms with E-state index in [2.05, 4.69) is 22.0 Å². The molecule has 3 aromatic rings. The Morgan fingerprint density at radius 2 is 2.22 bits per heavy atom. The van der Waals surface area contributed by atoms with E-state index in [4.69, 9.17) is 4.52 Å². The number of rotatable bonds is 6. The summed E-state index contributed by atoms with van der Waals surface area (Å²) in [6.07, 6.45) is 1.78. The van der Waals surface area contributed by atoms with Crippen LogP contribution in [0, 0.1) is 0 Å². The number of hydrogen-bond acceptors (Lipinski definition) is 7. The van der Waals surface area contributed by atoms with Crippen LogP contribution in [0.1, 0.15) is 44.2 Å². The number of thioether (sulfide) groups is 1. The van der Waals surface area contributed by atoms with E-state index in [1.165, 1.54) is 23.1 Å². The molecule has 1 unspecified atom stereocenters. The lowest BCUT2D eigenvalue weighted by Crippen LogP contribution is -2.21. The first-order valence-corrected chi connectivity index (χ1v) is 9.37. The van der Waals surface area contributed by atoms with Crippen molar-refractivity contribution in [2.75, 3.05) is 0 Å². The van der Waals surface area contributed by atoms with Gasteiger partial charge in [0.1, 0.15) is 4.70 Å². The third-order valence-electron chi connectivity index (χ3n) is 3.43. The van der Waals surface area contributed by atoms with Crippen LogP contribution in [0.3, 0.4) is 0 Å². The molecule has 8 heteroatoms. The van der Waals surface area contributed by atoms with E-state index in [0.717, 1.165) is 24.2 Å². The molecule has 3 rings (SSSR count). The average molecular weight is 350 g/mol. The third kappa shape index (κ3) is 3.18. The van der Waals surface area contributed by atoms with E-state index in [9.17, 15) is 4.79 Å². The summed E-state index contributed by atoms with van der Waals surface area (Å²) in [5.74, 6) is 1.30. The van der Waals surface area contributed by atoms with Crippen molar-refractivity contribution < 1.29 is 4.52 Å². The number of nitrogens with zero attached hydrogens (tertiary/aromatic N) is 4. The van der Waals surface area contributed by atoms with E-state index < -0.39 is 0 Å². The van der Waals surface area contributed by atoms with Crippen LogP contribution >= 0.6 is 23.1 Å². The minimum absolute atomic E-state index is 0.0133. The van der Waals surface area contributed by atoms with Gasteiger partial charge < -0.3 is 4.52 Å². The van der Waals surface area contributed by atoms with Gasteiger partial charge in [-0.15, -0.1) is 11.3 Å². The van der Waals surface area contributed by atoms with Crippen LogP contribution in [-0.4, -0.2) is 19.7 Å². The summed E-state index contributed by atoms with van der Waals surface area (Å²) in [7, 11) is 0. The molecule has 0 saturated carbocycles. The quantitative estimate of drug-likeness (QED) is 0.499. The Bertz CT molecular complexity index is 868. The summed E-state index contributed by atoms with van der Waals surface area (Å²) in [5, 5.41) is 6.50. The first-order chi connectivity index (χ1) is 11.1. The minimum atomic E-state index is -0.0612. The molecule has 0 amide bonds. The number of aryl methyl sites for hydroxylation is 1. The fraction of sp³-hybridized carbons (Fsp3) is 0.467. The minimum Gasteiger partial charge on any atom is -0.338 e. The van der Waals surface area contributed by atoms with Gasteiger partial charge >= 0.3 is 0 Å². The van der Waals surface area contributed by atoms with Crippen LogP contribution in [0.2, 0.25) is 0 Å². The van der Waals surface area contributed by atoms with E-state index in [0.29, 0.717) is 22.3 Å². The molecule has 1 atom stereocenters. The Balaban J connectivity index is 1.91. The van der Waals surface area contributed by atoms with E-state index in [1.807, 2.05) is 25.3 Å². The topological polar surface area (TPSA) is 73.8 Å². The first-order valence-electron chi connectivity index (χ1n) is 7.61. The lowest BCUT2D eigenvalue weighted by molar-refractivity contribution is 0.374. The van der Waals surface area contributed by atoms with Crippen molar-refractivity contribution in [2.45, 2.75) is 50.6 Å². The molecule has 0 N–H and O–H groups in total. The van der Waals surface area contributed by atoms with Crippen LogP contribution < -0.4 is 5.56 Å². The van der Waals surface area contributed by atoms with Crippen LogP contribution in [0.25, 0.3) is 10.2 Å². The maximum Gasteiger partial charge on any atom is 0.272 e. The van der Waals surface area contributed by atoms with Crippen molar-refractivity contribution in [3.8, 4) is 0 Å². The monoisotopic (exact) mass is 350 g/mol. The molecule has 0 fully saturated rings. The lowest BCUT2D eigenvalue weighted by Gasteiger charge is -2.11. The Labute approximate surface area is 141 Å². The van der Waals surface area contributed by atoms with Crippen LogP contribution in [-0.2, 0) is 13.0 Å². The molecule has 0 aliphatic rings. The smallest absolute Gasteiger partial charge is 0.272 e. The standard InChI is InChI=1S/C15H18N4O2S2/c1-4-6-11-17-13(21-18-11)9(3)23-15-16-10-7-8-22-12(10)14(20)19(15)5-2/h7-9H,4-6H2,1-3H3. The van der Waals surface area contributed by atoms with Crippen molar-refractivity contribution in [1.29, 1.82) is 0 Å². The number of fused-ring (bicyclic) bond motifs is 1. The van der Waals surface area contributed by atoms with Crippen molar-refractivity contribution in [3.05, 3.63) is 33.5 Å². The van der Waals surface area contributed by atoms with Crippen molar-refractivity contribution in [3.63, 3.8) is 0 Å². The number of hydrogen-bond donors (Lipinski definition) is 0. The zero-order valence-corrected chi connectivity index (χ0v) is 14.9. The Morgan fingerprint density at radius 3 is 2.96 bits per heavy atom. The zero-order chi connectivity index (χ0) is 16.4. The number of thiophene rings is 1. The molecule has 3 aromatic heterocycles. The van der Waals surface area contributed by atoms with Crippen molar-refractivity contribution >= 4 is 33.3 Å². The normalized spacial score (nSPS) is 12.8. The molecule has 23 heavy (non-hydrogen) atoms. The predicted molar refractivity (Wildman–Crippen MR) is 92.1 cm³/mol. The molecule has 0 saturated heterocycles. The SMILES string of the molecule is CCCc1noc(C(C)Sc2nc3ccsc3c(=O)n2CC)n1. The Hall–Kier alpha value is -1.67. The van der Waals surface area contributed by atoms with Gasteiger partial charge in [-0.1, -0.05) is 23.8 Å². The maximum absolute atomic E-state index is 12.5. The highest BCUT2D eigenvalue weighted by Crippen LogP contribution is 2.33. The maximum atomic E-state index is 12.5.